The monoisotopic (exact) mass is 285 g/mol. The molecule has 1 heterocycles. The van der Waals surface area contributed by atoms with Crippen LogP contribution in [-0.2, 0) is 6.54 Å². The largest absolute Gasteiger partial charge is 0.490 e. The molecule has 2 rings (SSSR count). The number of thioether (sulfide) groups is 1. The summed E-state index contributed by atoms with van der Waals surface area (Å²) in [4.78, 5) is 2.40. The summed E-state index contributed by atoms with van der Waals surface area (Å²) in [5.74, 6) is 2.40. The number of nitrogens with zero attached hydrogens (tertiary/aromatic N) is 1. The predicted octanol–water partition coefficient (Wildman–Crippen LogP) is 3.98. The molecule has 1 aliphatic rings. The van der Waals surface area contributed by atoms with Crippen molar-refractivity contribution in [2.75, 3.05) is 25.3 Å². The van der Waals surface area contributed by atoms with E-state index in [1.54, 1.807) is 0 Å². The van der Waals surface area contributed by atoms with E-state index in [2.05, 4.69) is 31.1 Å². The van der Waals surface area contributed by atoms with Gasteiger partial charge in [-0.3, -0.25) is 4.90 Å². The minimum Gasteiger partial charge on any atom is -0.490 e. The van der Waals surface area contributed by atoms with E-state index >= 15 is 0 Å². The molecule has 0 amide bonds. The van der Waals surface area contributed by atoms with Gasteiger partial charge in [-0.1, -0.05) is 31.5 Å². The standard InChI is InChI=1S/C14H20ClNOS/c1-10(2)11-6-12-8-16(9-18-3)4-5-17-14(12)13(15)7-11/h6-7,10H,4-5,8-9H2,1-3H3. The smallest absolute Gasteiger partial charge is 0.142 e. The molecule has 4 heteroatoms. The van der Waals surface area contributed by atoms with Gasteiger partial charge in [0.2, 0.25) is 0 Å². The number of ether oxygens (including phenoxy) is 1. The normalized spacial score (nSPS) is 16.3. The van der Waals surface area contributed by atoms with E-state index in [1.807, 2.05) is 17.8 Å². The van der Waals surface area contributed by atoms with Gasteiger partial charge in [-0.05, 0) is 23.8 Å². The Kier molecular flexibility index (Phi) is 4.82. The molecule has 1 aromatic carbocycles. The lowest BCUT2D eigenvalue weighted by Crippen LogP contribution is -2.25. The summed E-state index contributed by atoms with van der Waals surface area (Å²) in [6, 6.07) is 4.28. The Morgan fingerprint density at radius 1 is 1.44 bits per heavy atom. The van der Waals surface area contributed by atoms with E-state index in [4.69, 9.17) is 16.3 Å². The molecule has 0 radical (unpaired) electrons. The SMILES string of the molecule is CSCN1CCOc2c(Cl)cc(C(C)C)cc2C1. The van der Waals surface area contributed by atoms with Gasteiger partial charge in [0.15, 0.2) is 0 Å². The number of hydrogen-bond acceptors (Lipinski definition) is 3. The maximum Gasteiger partial charge on any atom is 0.142 e. The molecule has 1 aliphatic heterocycles. The van der Waals surface area contributed by atoms with Crippen molar-refractivity contribution in [3.63, 3.8) is 0 Å². The molecule has 0 bridgehead atoms. The Hall–Kier alpha value is -0.380. The number of rotatable bonds is 3. The number of halogens is 1. The maximum atomic E-state index is 6.34. The van der Waals surface area contributed by atoms with Crippen molar-refractivity contribution < 1.29 is 4.74 Å². The molecule has 100 valence electrons. The quantitative estimate of drug-likeness (QED) is 0.833. The highest BCUT2D eigenvalue weighted by molar-refractivity contribution is 7.98. The van der Waals surface area contributed by atoms with Crippen molar-refractivity contribution in [2.24, 2.45) is 0 Å². The molecule has 0 N–H and O–H groups in total. The fourth-order valence-electron chi connectivity index (χ4n) is 2.18. The zero-order chi connectivity index (χ0) is 13.1. The first kappa shape index (κ1) is 14.0. The molecule has 0 aliphatic carbocycles. The van der Waals surface area contributed by atoms with Crippen LogP contribution in [0.2, 0.25) is 5.02 Å². The maximum absolute atomic E-state index is 6.34. The topological polar surface area (TPSA) is 12.5 Å². The highest BCUT2D eigenvalue weighted by Crippen LogP contribution is 2.35. The van der Waals surface area contributed by atoms with Crippen LogP contribution < -0.4 is 4.74 Å². The Morgan fingerprint density at radius 3 is 2.89 bits per heavy atom. The predicted molar refractivity (Wildman–Crippen MR) is 79.8 cm³/mol. The molecule has 0 saturated carbocycles. The summed E-state index contributed by atoms with van der Waals surface area (Å²) in [5, 5.41) is 0.752. The number of hydrogen-bond donors (Lipinski definition) is 0. The van der Waals surface area contributed by atoms with Gasteiger partial charge in [0.1, 0.15) is 12.4 Å². The van der Waals surface area contributed by atoms with Crippen LogP contribution in [-0.4, -0.2) is 30.2 Å². The summed E-state index contributed by atoms with van der Waals surface area (Å²) in [7, 11) is 0. The van der Waals surface area contributed by atoms with Gasteiger partial charge < -0.3 is 4.74 Å². The Balaban J connectivity index is 2.32. The summed E-state index contributed by atoms with van der Waals surface area (Å²) in [6.07, 6.45) is 2.13. The Morgan fingerprint density at radius 2 is 2.22 bits per heavy atom. The second-order valence-corrected chi connectivity index (χ2v) is 6.21. The molecule has 0 unspecified atom stereocenters. The highest BCUT2D eigenvalue weighted by Gasteiger charge is 2.19. The van der Waals surface area contributed by atoms with E-state index in [-0.39, 0.29) is 0 Å². The fraction of sp³-hybridized carbons (Fsp3) is 0.571. The lowest BCUT2D eigenvalue weighted by Gasteiger charge is -2.18. The van der Waals surface area contributed by atoms with Crippen molar-refractivity contribution >= 4 is 23.4 Å². The first-order valence-corrected chi connectivity index (χ1v) is 8.05. The van der Waals surface area contributed by atoms with Crippen molar-refractivity contribution in [2.45, 2.75) is 26.3 Å². The van der Waals surface area contributed by atoms with Crippen LogP contribution in [0.5, 0.6) is 5.75 Å². The lowest BCUT2D eigenvalue weighted by molar-refractivity contribution is 0.252. The average molecular weight is 286 g/mol. The highest BCUT2D eigenvalue weighted by atomic mass is 35.5. The van der Waals surface area contributed by atoms with Crippen molar-refractivity contribution in [1.29, 1.82) is 0 Å². The molecule has 0 fully saturated rings. The zero-order valence-electron chi connectivity index (χ0n) is 11.2. The van der Waals surface area contributed by atoms with Crippen LogP contribution in [0.1, 0.15) is 30.9 Å². The molecule has 0 spiro atoms. The van der Waals surface area contributed by atoms with Gasteiger partial charge in [-0.25, -0.2) is 0 Å². The van der Waals surface area contributed by atoms with E-state index in [1.165, 1.54) is 11.1 Å². The third-order valence-corrected chi connectivity index (χ3v) is 4.07. The van der Waals surface area contributed by atoms with Crippen LogP contribution in [0.4, 0.5) is 0 Å². The van der Waals surface area contributed by atoms with Gasteiger partial charge in [-0.15, -0.1) is 11.8 Å². The minimum absolute atomic E-state index is 0.491. The van der Waals surface area contributed by atoms with Crippen LogP contribution in [0, 0.1) is 0 Å². The van der Waals surface area contributed by atoms with E-state index in [9.17, 15) is 0 Å². The molecule has 1 aromatic rings. The lowest BCUT2D eigenvalue weighted by atomic mass is 10.00. The van der Waals surface area contributed by atoms with E-state index in [0.717, 1.165) is 29.7 Å². The van der Waals surface area contributed by atoms with E-state index < -0.39 is 0 Å². The number of fused-ring (bicyclic) bond motifs is 1. The molecule has 18 heavy (non-hydrogen) atoms. The van der Waals surface area contributed by atoms with Crippen LogP contribution in [0.15, 0.2) is 12.1 Å². The fourth-order valence-corrected chi connectivity index (χ4v) is 3.06. The molecular weight excluding hydrogens is 266 g/mol. The third-order valence-electron chi connectivity index (χ3n) is 3.17. The third kappa shape index (κ3) is 3.14. The van der Waals surface area contributed by atoms with E-state index in [0.29, 0.717) is 12.5 Å². The Labute approximate surface area is 119 Å². The van der Waals surface area contributed by atoms with Crippen LogP contribution >= 0.6 is 23.4 Å². The van der Waals surface area contributed by atoms with Gasteiger partial charge in [0.05, 0.1) is 5.02 Å². The molecule has 0 saturated heterocycles. The average Bonchev–Trinajstić information content (AvgIpc) is 2.51. The van der Waals surface area contributed by atoms with Gasteiger partial charge in [0.25, 0.3) is 0 Å². The van der Waals surface area contributed by atoms with Gasteiger partial charge >= 0.3 is 0 Å². The van der Waals surface area contributed by atoms with Crippen molar-refractivity contribution in [1.82, 2.24) is 4.90 Å². The zero-order valence-corrected chi connectivity index (χ0v) is 12.8. The van der Waals surface area contributed by atoms with Crippen LogP contribution in [0.3, 0.4) is 0 Å². The molecule has 2 nitrogen and oxygen atoms in total. The number of benzene rings is 1. The minimum atomic E-state index is 0.491. The Bertz CT molecular complexity index is 423. The second kappa shape index (κ2) is 6.18. The molecule has 0 aromatic heterocycles. The first-order chi connectivity index (χ1) is 8.61. The summed E-state index contributed by atoms with van der Waals surface area (Å²) in [6.45, 7) is 6.98. The summed E-state index contributed by atoms with van der Waals surface area (Å²) in [5.41, 5.74) is 2.51. The van der Waals surface area contributed by atoms with Crippen LogP contribution in [0.25, 0.3) is 0 Å². The molecular formula is C14H20ClNOS. The molecule has 0 atom stereocenters. The van der Waals surface area contributed by atoms with Gasteiger partial charge in [0, 0.05) is 24.5 Å². The van der Waals surface area contributed by atoms with Gasteiger partial charge in [-0.2, -0.15) is 0 Å². The summed E-state index contributed by atoms with van der Waals surface area (Å²) >= 11 is 8.18. The summed E-state index contributed by atoms with van der Waals surface area (Å²) < 4.78 is 5.81. The van der Waals surface area contributed by atoms with Crippen molar-refractivity contribution in [3.8, 4) is 5.75 Å². The van der Waals surface area contributed by atoms with Crippen molar-refractivity contribution in [3.05, 3.63) is 28.3 Å². The second-order valence-electron chi connectivity index (χ2n) is 4.96. The first-order valence-electron chi connectivity index (χ1n) is 6.28.